The summed E-state index contributed by atoms with van der Waals surface area (Å²) in [6.07, 6.45) is -1.72. The number of guanidine groups is 1. The van der Waals surface area contributed by atoms with E-state index < -0.39 is 54.1 Å². The predicted molar refractivity (Wildman–Crippen MR) is 218 cm³/mol. The molecule has 9 N–H and O–H groups in total. The van der Waals surface area contributed by atoms with Gasteiger partial charge in [-0.1, -0.05) is 91.0 Å². The zero-order valence-corrected chi connectivity index (χ0v) is 33.4. The number of aliphatic carboxylic acids is 2. The van der Waals surface area contributed by atoms with Crippen LogP contribution in [0.2, 0.25) is 0 Å². The third kappa shape index (κ3) is 15.3. The van der Waals surface area contributed by atoms with Crippen molar-refractivity contribution in [2.75, 3.05) is 6.54 Å². The summed E-state index contributed by atoms with van der Waals surface area (Å²) in [5, 5.41) is 25.5. The van der Waals surface area contributed by atoms with Crippen LogP contribution in [-0.2, 0) is 48.0 Å². The van der Waals surface area contributed by atoms with E-state index in [9.17, 15) is 42.3 Å². The molecule has 2 heterocycles. The van der Waals surface area contributed by atoms with Gasteiger partial charge in [-0.05, 0) is 74.0 Å². The van der Waals surface area contributed by atoms with Gasteiger partial charge in [-0.25, -0.2) is 4.79 Å². The van der Waals surface area contributed by atoms with E-state index in [0.29, 0.717) is 44.9 Å². The van der Waals surface area contributed by atoms with E-state index in [-0.39, 0.29) is 55.5 Å². The highest BCUT2D eigenvalue weighted by Gasteiger charge is 2.51. The lowest BCUT2D eigenvalue weighted by atomic mass is 9.86. The molecule has 18 heteroatoms. The molecule has 5 rings (SSSR count). The first-order valence-electron chi connectivity index (χ1n) is 19.9. The number of nitrogens with zero attached hydrogens (tertiary/aromatic N) is 2. The fraction of sp³-hybridized carbons (Fsp3) is 0.419. The van der Waals surface area contributed by atoms with E-state index in [1.165, 1.54) is 0 Å². The van der Waals surface area contributed by atoms with Crippen LogP contribution in [0.1, 0.15) is 61.6 Å². The maximum atomic E-state index is 14.3. The van der Waals surface area contributed by atoms with E-state index in [4.69, 9.17) is 21.4 Å². The molecule has 0 bridgehead atoms. The summed E-state index contributed by atoms with van der Waals surface area (Å²) in [4.78, 5) is 81.7. The zero-order chi connectivity index (χ0) is 44.5. The number of aliphatic imine (C=N–C) groups is 1. The first kappa shape index (κ1) is 47.2. The summed E-state index contributed by atoms with van der Waals surface area (Å²) < 4.78 is 31.7. The minimum absolute atomic E-state index is 0.0276. The number of carboxylic acids is 2. The van der Waals surface area contributed by atoms with Gasteiger partial charge in [-0.3, -0.25) is 29.0 Å². The number of hydrogen-bond donors (Lipinski definition) is 7. The van der Waals surface area contributed by atoms with Gasteiger partial charge < -0.3 is 42.5 Å². The van der Waals surface area contributed by atoms with Gasteiger partial charge in [-0.2, -0.15) is 13.2 Å². The highest BCUT2D eigenvalue weighted by molar-refractivity contribution is 5.95. The van der Waals surface area contributed by atoms with Gasteiger partial charge in [0, 0.05) is 18.6 Å². The Kier molecular flexibility index (Phi) is 17.6. The number of carbonyl (C=O) groups excluding carboxylic acids is 4. The lowest BCUT2D eigenvalue weighted by Gasteiger charge is -2.39. The van der Waals surface area contributed by atoms with Crippen molar-refractivity contribution >= 4 is 41.5 Å². The van der Waals surface area contributed by atoms with Crippen molar-refractivity contribution in [2.24, 2.45) is 22.4 Å². The van der Waals surface area contributed by atoms with Crippen LogP contribution in [0.25, 0.3) is 0 Å². The number of halogens is 3. The summed E-state index contributed by atoms with van der Waals surface area (Å²) >= 11 is 0. The monoisotopic (exact) mass is 851 g/mol. The number of hydrogen-bond acceptors (Lipinski definition) is 7. The van der Waals surface area contributed by atoms with Crippen molar-refractivity contribution in [1.29, 1.82) is 0 Å². The number of rotatable bonds is 18. The van der Waals surface area contributed by atoms with Gasteiger partial charge >= 0.3 is 18.1 Å². The van der Waals surface area contributed by atoms with Crippen LogP contribution in [0, 0.1) is 5.92 Å². The molecule has 0 saturated carbocycles. The highest BCUT2D eigenvalue weighted by atomic mass is 19.4. The van der Waals surface area contributed by atoms with Gasteiger partial charge in [0.25, 0.3) is 0 Å². The first-order valence-corrected chi connectivity index (χ1v) is 19.9. The minimum Gasteiger partial charge on any atom is -0.481 e. The van der Waals surface area contributed by atoms with Crippen molar-refractivity contribution in [3.63, 3.8) is 0 Å². The van der Waals surface area contributed by atoms with Gasteiger partial charge in [0.1, 0.15) is 18.1 Å². The zero-order valence-electron chi connectivity index (χ0n) is 33.4. The minimum atomic E-state index is -5.08. The van der Waals surface area contributed by atoms with Crippen molar-refractivity contribution in [1.82, 2.24) is 20.9 Å². The smallest absolute Gasteiger partial charge is 0.481 e. The quantitative estimate of drug-likeness (QED) is 0.0560. The summed E-state index contributed by atoms with van der Waals surface area (Å²) in [5.41, 5.74) is 13.9. The van der Waals surface area contributed by atoms with Gasteiger partial charge in [0.15, 0.2) is 5.96 Å². The summed E-state index contributed by atoms with van der Waals surface area (Å²) in [6, 6.07) is 25.1. The molecule has 3 aromatic rings. The predicted octanol–water partition coefficient (Wildman–Crippen LogP) is 3.10. The largest absolute Gasteiger partial charge is 0.490 e. The van der Waals surface area contributed by atoms with Crippen LogP contribution < -0.4 is 27.4 Å². The normalized spacial score (nSPS) is 19.2. The molecule has 15 nitrogen and oxygen atoms in total. The Morgan fingerprint density at radius 2 is 1.39 bits per heavy atom. The van der Waals surface area contributed by atoms with Crippen molar-refractivity contribution in [3.05, 3.63) is 108 Å². The summed E-state index contributed by atoms with van der Waals surface area (Å²) in [5.74, 6) is -5.55. The Hall–Kier alpha value is -6.46. The highest BCUT2D eigenvalue weighted by Crippen LogP contribution is 2.39. The van der Waals surface area contributed by atoms with E-state index in [1.54, 1.807) is 4.90 Å². The molecule has 0 aliphatic carbocycles. The molecule has 2 aliphatic heterocycles. The molecule has 4 amide bonds. The van der Waals surface area contributed by atoms with Crippen LogP contribution in [0.4, 0.5) is 13.2 Å². The van der Waals surface area contributed by atoms with Gasteiger partial charge in [0.2, 0.25) is 23.6 Å². The number of aryl methyl sites for hydroxylation is 1. The molecular formula is C43H52F3N7O8. The number of benzene rings is 3. The van der Waals surface area contributed by atoms with E-state index in [0.717, 1.165) is 16.7 Å². The Morgan fingerprint density at radius 1 is 0.820 bits per heavy atom. The number of carboxylic acid groups (broad SMARTS) is 2. The van der Waals surface area contributed by atoms with Crippen LogP contribution in [0.5, 0.6) is 0 Å². The molecule has 6 atom stereocenters. The molecule has 2 fully saturated rings. The topological polar surface area (TPSA) is 247 Å². The standard InChI is InChI=1S/C41H51N7O6.C2HF3O2/c42-41(43)44-22-10-17-32(38(52)45-31(26-37(50)51)19-18-27-11-4-1-5-12-27)47-39(53)35-25-30(23-28-13-6-2-7-14-28)34-21-20-33(40(54)48(34)35)46-36(49)24-29-15-8-3-9-16-29;3-2(4,5)1(6)7/h1-9,11-16,30-35H,10,17-26H2,(H,45,52)(H,46,49)(H,47,53)(H,50,51)(H4,42,43,44);(H,6,7)/t30-,31+,32-,33?,34-,35-;/m0./s1. The Morgan fingerprint density at radius 3 is 1.95 bits per heavy atom. The van der Waals surface area contributed by atoms with E-state index in [2.05, 4.69) is 20.9 Å². The number of nitrogens with two attached hydrogens (primary N) is 2. The number of piperidine rings is 1. The third-order valence-corrected chi connectivity index (χ3v) is 10.5. The third-order valence-electron chi connectivity index (χ3n) is 10.5. The Bertz CT molecular complexity index is 1970. The fourth-order valence-corrected chi connectivity index (χ4v) is 7.64. The molecule has 61 heavy (non-hydrogen) atoms. The van der Waals surface area contributed by atoms with E-state index in [1.807, 2.05) is 91.0 Å². The number of alkyl halides is 3. The Labute approximate surface area is 351 Å². The second-order valence-corrected chi connectivity index (χ2v) is 15.0. The van der Waals surface area contributed by atoms with Crippen LogP contribution in [-0.4, -0.2) is 99.6 Å². The van der Waals surface area contributed by atoms with Crippen LogP contribution in [0.15, 0.2) is 96.0 Å². The average molecular weight is 852 g/mol. The maximum absolute atomic E-state index is 14.3. The van der Waals surface area contributed by atoms with Crippen LogP contribution in [0.3, 0.4) is 0 Å². The second kappa shape index (κ2) is 22.8. The molecule has 328 valence electrons. The molecular weight excluding hydrogens is 800 g/mol. The van der Waals surface area contributed by atoms with Gasteiger partial charge in [-0.15, -0.1) is 0 Å². The number of nitrogens with one attached hydrogen (secondary N) is 3. The molecule has 0 spiro atoms. The summed E-state index contributed by atoms with van der Waals surface area (Å²) in [7, 11) is 0. The van der Waals surface area contributed by atoms with Crippen molar-refractivity contribution in [3.8, 4) is 0 Å². The molecule has 1 unspecified atom stereocenters. The van der Waals surface area contributed by atoms with Crippen molar-refractivity contribution in [2.45, 2.75) is 101 Å². The lowest BCUT2D eigenvalue weighted by molar-refractivity contribution is -0.192. The number of amides is 4. The fourth-order valence-electron chi connectivity index (χ4n) is 7.64. The molecule has 0 aromatic heterocycles. The molecule has 2 saturated heterocycles. The SMILES string of the molecule is NC(N)=NCCC[C@H](NC(=O)[C@@H]1C[C@H](Cc2ccccc2)[C@@H]2CCC(NC(=O)Cc3ccccc3)C(=O)N12)C(=O)N[C@H](CCc1ccccc1)CC(=O)O.O=C(O)C(F)(F)F. The maximum Gasteiger partial charge on any atom is 0.490 e. The van der Waals surface area contributed by atoms with E-state index >= 15 is 0 Å². The second-order valence-electron chi connectivity index (χ2n) is 15.0. The number of carbonyl (C=O) groups is 6. The molecule has 2 aliphatic rings. The first-order chi connectivity index (χ1) is 29.0. The average Bonchev–Trinajstić information content (AvgIpc) is 3.58. The molecule has 3 aromatic carbocycles. The van der Waals surface area contributed by atoms with Crippen molar-refractivity contribution < 1.29 is 52.2 Å². The van der Waals surface area contributed by atoms with Crippen LogP contribution >= 0.6 is 0 Å². The lowest BCUT2D eigenvalue weighted by Crippen LogP contribution is -2.60. The van der Waals surface area contributed by atoms with Gasteiger partial charge in [0.05, 0.1) is 12.8 Å². The summed E-state index contributed by atoms with van der Waals surface area (Å²) in [6.45, 7) is 0.216. The molecule has 0 radical (unpaired) electrons. The number of fused-ring (bicyclic) bond motifs is 1. The Balaban J connectivity index is 0.00000107.